The average molecular weight is 369 g/mol. The topological polar surface area (TPSA) is 17.0 Å². The molecule has 28 heavy (non-hydrogen) atoms. The van der Waals surface area contributed by atoms with Crippen molar-refractivity contribution in [3.05, 3.63) is 109 Å². The minimum atomic E-state index is 0.751. The van der Waals surface area contributed by atoms with Gasteiger partial charge in [-0.3, -0.25) is 0 Å². The van der Waals surface area contributed by atoms with E-state index in [1.165, 1.54) is 27.6 Å². The average Bonchev–Trinajstić information content (AvgIpc) is 2.96. The maximum Gasteiger partial charge on any atom is 0.0525 e. The van der Waals surface area contributed by atoms with Gasteiger partial charge in [-0.05, 0) is 50.1 Å². The van der Waals surface area contributed by atoms with Gasteiger partial charge < -0.3 is 9.88 Å². The molecule has 1 aromatic carbocycles. The molecule has 0 aliphatic carbocycles. The lowest BCUT2D eigenvalue weighted by Gasteiger charge is -2.17. The van der Waals surface area contributed by atoms with Crippen molar-refractivity contribution in [2.24, 2.45) is 0 Å². The van der Waals surface area contributed by atoms with Crippen LogP contribution in [0.25, 0.3) is 22.0 Å². The summed E-state index contributed by atoms with van der Waals surface area (Å²) in [5.41, 5.74) is 9.00. The standard InChI is InChI=1S/C26H28N2/c1-7-10-21(11-8-2)17-28-24-14-13-19(5)16-23(24)25(26(28)18(3)4)22-12-9-15-27-20(22)6/h7-16,27H,1,3,6,17H2,2,4-5H3/b11-8-,21-10+. The largest absolute Gasteiger partial charge is 0.362 e. The molecular weight excluding hydrogens is 340 g/mol. The van der Waals surface area contributed by atoms with Crippen LogP contribution in [0.2, 0.25) is 0 Å². The number of fused-ring (bicyclic) bond motifs is 1. The fourth-order valence-corrected chi connectivity index (χ4v) is 3.76. The van der Waals surface area contributed by atoms with Gasteiger partial charge in [-0.1, -0.05) is 61.7 Å². The Labute approximate surface area is 168 Å². The van der Waals surface area contributed by atoms with Gasteiger partial charge in [-0.15, -0.1) is 0 Å². The van der Waals surface area contributed by atoms with E-state index in [0.29, 0.717) is 0 Å². The predicted octanol–water partition coefficient (Wildman–Crippen LogP) is 6.69. The lowest BCUT2D eigenvalue weighted by Crippen LogP contribution is -2.10. The predicted molar refractivity (Wildman–Crippen MR) is 124 cm³/mol. The van der Waals surface area contributed by atoms with Crippen LogP contribution in [0.3, 0.4) is 0 Å². The number of hydrogen-bond donors (Lipinski definition) is 1. The molecule has 1 N–H and O–H groups in total. The van der Waals surface area contributed by atoms with Gasteiger partial charge in [0.25, 0.3) is 0 Å². The number of nitrogens with zero attached hydrogens (tertiary/aromatic N) is 1. The molecule has 0 saturated heterocycles. The summed E-state index contributed by atoms with van der Waals surface area (Å²) in [7, 11) is 0. The molecule has 2 aromatic rings. The zero-order valence-electron chi connectivity index (χ0n) is 17.0. The number of nitrogens with one attached hydrogen (secondary N) is 1. The molecule has 2 heterocycles. The van der Waals surface area contributed by atoms with Crippen molar-refractivity contribution < 1.29 is 0 Å². The van der Waals surface area contributed by atoms with Crippen molar-refractivity contribution in [2.45, 2.75) is 27.3 Å². The van der Waals surface area contributed by atoms with Gasteiger partial charge in [0.15, 0.2) is 0 Å². The van der Waals surface area contributed by atoms with E-state index in [2.05, 4.69) is 86.0 Å². The lowest BCUT2D eigenvalue weighted by molar-refractivity contribution is 0.821. The van der Waals surface area contributed by atoms with E-state index in [0.717, 1.165) is 29.1 Å². The zero-order chi connectivity index (χ0) is 20.3. The molecule has 2 nitrogen and oxygen atoms in total. The van der Waals surface area contributed by atoms with Gasteiger partial charge in [0.1, 0.15) is 0 Å². The molecule has 0 atom stereocenters. The molecule has 1 aliphatic heterocycles. The quantitative estimate of drug-likeness (QED) is 0.562. The Hall–Kier alpha value is -3.26. The van der Waals surface area contributed by atoms with Gasteiger partial charge in [-0.2, -0.15) is 0 Å². The Kier molecular flexibility index (Phi) is 5.70. The third kappa shape index (κ3) is 3.59. The first-order valence-corrected chi connectivity index (χ1v) is 9.54. The molecule has 2 heteroatoms. The molecule has 3 rings (SSSR count). The highest BCUT2D eigenvalue weighted by Crippen LogP contribution is 2.39. The first kappa shape index (κ1) is 19.5. The minimum Gasteiger partial charge on any atom is -0.362 e. The second kappa shape index (κ2) is 8.18. The third-order valence-corrected chi connectivity index (χ3v) is 4.89. The van der Waals surface area contributed by atoms with Crippen LogP contribution in [0.5, 0.6) is 0 Å². The summed E-state index contributed by atoms with van der Waals surface area (Å²) in [6.45, 7) is 19.4. The van der Waals surface area contributed by atoms with Gasteiger partial charge in [0.05, 0.1) is 5.69 Å². The maximum absolute atomic E-state index is 4.31. The number of allylic oxidation sites excluding steroid dienone is 9. The van der Waals surface area contributed by atoms with E-state index < -0.39 is 0 Å². The van der Waals surface area contributed by atoms with Crippen LogP contribution in [0, 0.1) is 6.92 Å². The van der Waals surface area contributed by atoms with E-state index in [-0.39, 0.29) is 0 Å². The van der Waals surface area contributed by atoms with Crippen LogP contribution in [0.1, 0.15) is 30.7 Å². The van der Waals surface area contributed by atoms with E-state index in [4.69, 9.17) is 0 Å². The smallest absolute Gasteiger partial charge is 0.0525 e. The van der Waals surface area contributed by atoms with Gasteiger partial charge >= 0.3 is 0 Å². The Bertz CT molecular complexity index is 1080. The van der Waals surface area contributed by atoms with Crippen molar-refractivity contribution in [3.8, 4) is 0 Å². The highest BCUT2D eigenvalue weighted by Gasteiger charge is 2.22. The Balaban J connectivity index is 2.37. The Morgan fingerprint density at radius 2 is 2.07 bits per heavy atom. The van der Waals surface area contributed by atoms with Crippen molar-refractivity contribution in [1.29, 1.82) is 0 Å². The number of aromatic nitrogens is 1. The van der Waals surface area contributed by atoms with Crippen LogP contribution in [-0.2, 0) is 6.54 Å². The van der Waals surface area contributed by atoms with Crippen LogP contribution < -0.4 is 5.32 Å². The minimum absolute atomic E-state index is 0.751. The second-order valence-corrected chi connectivity index (χ2v) is 7.15. The summed E-state index contributed by atoms with van der Waals surface area (Å²) in [6.07, 6.45) is 14.2. The summed E-state index contributed by atoms with van der Waals surface area (Å²) in [6, 6.07) is 6.63. The number of dihydropyridines is 1. The molecule has 0 spiro atoms. The SMILES string of the molecule is C=C/C=C(\C=C/C)Cn1c(C(=C)C)c(C2=CC=CNC2=C)c2cc(C)ccc21. The number of hydrogen-bond acceptors (Lipinski definition) is 1. The van der Waals surface area contributed by atoms with Crippen molar-refractivity contribution in [2.75, 3.05) is 0 Å². The number of aryl methyl sites for hydroxylation is 1. The van der Waals surface area contributed by atoms with Gasteiger partial charge in [0, 0.05) is 40.5 Å². The summed E-state index contributed by atoms with van der Waals surface area (Å²) < 4.78 is 2.36. The van der Waals surface area contributed by atoms with Crippen LogP contribution in [0.4, 0.5) is 0 Å². The molecule has 0 unspecified atom stereocenters. The monoisotopic (exact) mass is 368 g/mol. The lowest BCUT2D eigenvalue weighted by atomic mass is 9.95. The Morgan fingerprint density at radius 3 is 2.71 bits per heavy atom. The first-order chi connectivity index (χ1) is 13.5. The molecule has 0 fully saturated rings. The third-order valence-electron chi connectivity index (χ3n) is 4.89. The summed E-state index contributed by atoms with van der Waals surface area (Å²) >= 11 is 0. The Morgan fingerprint density at radius 1 is 1.29 bits per heavy atom. The van der Waals surface area contributed by atoms with Gasteiger partial charge in [-0.25, -0.2) is 0 Å². The van der Waals surface area contributed by atoms with Crippen molar-refractivity contribution in [1.82, 2.24) is 9.88 Å². The molecule has 0 bridgehead atoms. The zero-order valence-corrected chi connectivity index (χ0v) is 17.0. The fourth-order valence-electron chi connectivity index (χ4n) is 3.76. The van der Waals surface area contributed by atoms with E-state index >= 15 is 0 Å². The van der Waals surface area contributed by atoms with Crippen molar-refractivity contribution >= 4 is 22.0 Å². The molecule has 1 aliphatic rings. The van der Waals surface area contributed by atoms with E-state index in [1.54, 1.807) is 0 Å². The molecule has 142 valence electrons. The summed E-state index contributed by atoms with van der Waals surface area (Å²) in [5, 5.41) is 4.47. The van der Waals surface area contributed by atoms with E-state index in [1.807, 2.05) is 25.3 Å². The number of benzene rings is 1. The molecule has 0 radical (unpaired) electrons. The van der Waals surface area contributed by atoms with Gasteiger partial charge in [0.2, 0.25) is 0 Å². The molecule has 0 saturated carbocycles. The first-order valence-electron chi connectivity index (χ1n) is 9.54. The highest BCUT2D eigenvalue weighted by atomic mass is 15.0. The maximum atomic E-state index is 4.31. The normalized spacial score (nSPS) is 14.5. The number of rotatable bonds is 6. The molecule has 0 amide bonds. The second-order valence-electron chi connectivity index (χ2n) is 7.15. The van der Waals surface area contributed by atoms with Crippen LogP contribution in [-0.4, -0.2) is 4.57 Å². The fraction of sp³-hybridized carbons (Fsp3) is 0.154. The van der Waals surface area contributed by atoms with E-state index in [9.17, 15) is 0 Å². The summed E-state index contributed by atoms with van der Waals surface area (Å²) in [5.74, 6) is 0. The highest BCUT2D eigenvalue weighted by molar-refractivity contribution is 6.02. The molecule has 1 aromatic heterocycles. The van der Waals surface area contributed by atoms with Crippen molar-refractivity contribution in [3.63, 3.8) is 0 Å². The van der Waals surface area contributed by atoms with Crippen LogP contribution in [0.15, 0.2) is 91.9 Å². The van der Waals surface area contributed by atoms with Crippen LogP contribution >= 0.6 is 0 Å². The summed E-state index contributed by atoms with van der Waals surface area (Å²) in [4.78, 5) is 0. The molecular formula is C26H28N2.